The van der Waals surface area contributed by atoms with E-state index in [0.717, 1.165) is 40.7 Å². The van der Waals surface area contributed by atoms with Crippen LogP contribution >= 0.6 is 0 Å². The molecule has 1 aliphatic carbocycles. The van der Waals surface area contributed by atoms with E-state index in [2.05, 4.69) is 6.58 Å². The van der Waals surface area contributed by atoms with Gasteiger partial charge < -0.3 is 14.2 Å². The van der Waals surface area contributed by atoms with Gasteiger partial charge >= 0.3 is 5.97 Å². The molecule has 0 bridgehead atoms. The summed E-state index contributed by atoms with van der Waals surface area (Å²) in [7, 11) is 4.52. The van der Waals surface area contributed by atoms with E-state index in [1.165, 1.54) is 7.11 Å². The van der Waals surface area contributed by atoms with Gasteiger partial charge in [-0.3, -0.25) is 0 Å². The van der Waals surface area contributed by atoms with Gasteiger partial charge in [-0.25, -0.2) is 4.79 Å². The second-order valence-electron chi connectivity index (χ2n) is 5.00. The molecule has 0 aliphatic heterocycles. The van der Waals surface area contributed by atoms with E-state index in [-0.39, 0.29) is 0 Å². The van der Waals surface area contributed by atoms with Gasteiger partial charge in [0.2, 0.25) is 0 Å². The highest BCUT2D eigenvalue weighted by Crippen LogP contribution is 2.43. The lowest BCUT2D eigenvalue weighted by molar-refractivity contribution is 0.0596. The number of carbonyl (C=O) groups is 1. The Morgan fingerprint density at radius 3 is 2.57 bits per heavy atom. The third-order valence-electron chi connectivity index (χ3n) is 3.74. The molecule has 4 heteroatoms. The molecule has 0 N–H and O–H groups in total. The number of rotatable bonds is 3. The Labute approximate surface area is 125 Å². The van der Waals surface area contributed by atoms with Crippen LogP contribution < -0.4 is 4.74 Å². The molecule has 0 atom stereocenters. The molecule has 112 valence electrons. The summed E-state index contributed by atoms with van der Waals surface area (Å²) < 4.78 is 15.6. The SMILES string of the molecule is C=C1CCc2cc(C)c(C(=O)OC)c(OC)c2/C1=C/OC. The second kappa shape index (κ2) is 6.04. The zero-order chi connectivity index (χ0) is 15.6. The van der Waals surface area contributed by atoms with Crippen LogP contribution in [-0.2, 0) is 15.9 Å². The van der Waals surface area contributed by atoms with Crippen LogP contribution in [0.1, 0.15) is 33.5 Å². The van der Waals surface area contributed by atoms with Crippen LogP contribution in [0.4, 0.5) is 0 Å². The summed E-state index contributed by atoms with van der Waals surface area (Å²) in [5.41, 5.74) is 5.16. The van der Waals surface area contributed by atoms with Crippen molar-refractivity contribution in [2.45, 2.75) is 19.8 Å². The molecule has 1 aromatic carbocycles. The Morgan fingerprint density at radius 2 is 2.00 bits per heavy atom. The van der Waals surface area contributed by atoms with Crippen molar-refractivity contribution in [3.8, 4) is 5.75 Å². The number of ether oxygens (including phenoxy) is 3. The standard InChI is InChI=1S/C17H20O4/c1-10-6-7-12-8-11(2)14(17(18)21-5)16(20-4)15(12)13(10)9-19-3/h8-9H,1,6-7H2,2-5H3/b13-9+. The van der Waals surface area contributed by atoms with E-state index in [4.69, 9.17) is 14.2 Å². The van der Waals surface area contributed by atoms with Crippen molar-refractivity contribution in [2.24, 2.45) is 0 Å². The normalized spacial score (nSPS) is 15.6. The van der Waals surface area contributed by atoms with Crippen molar-refractivity contribution in [3.05, 3.63) is 46.7 Å². The predicted octanol–water partition coefficient (Wildman–Crippen LogP) is 3.28. The van der Waals surface area contributed by atoms with Gasteiger partial charge in [-0.05, 0) is 36.5 Å². The Morgan fingerprint density at radius 1 is 1.29 bits per heavy atom. The predicted molar refractivity (Wildman–Crippen MR) is 81.5 cm³/mol. The number of esters is 1. The van der Waals surface area contributed by atoms with Crippen LogP contribution in [-0.4, -0.2) is 27.3 Å². The quantitative estimate of drug-likeness (QED) is 0.632. The molecule has 4 nitrogen and oxygen atoms in total. The number of allylic oxidation sites excluding steroid dienone is 2. The van der Waals surface area contributed by atoms with Gasteiger partial charge in [-0.2, -0.15) is 0 Å². The van der Waals surface area contributed by atoms with Gasteiger partial charge in [-0.1, -0.05) is 12.6 Å². The minimum atomic E-state index is -0.403. The lowest BCUT2D eigenvalue weighted by Crippen LogP contribution is -2.13. The third-order valence-corrected chi connectivity index (χ3v) is 3.74. The topological polar surface area (TPSA) is 44.8 Å². The lowest BCUT2D eigenvalue weighted by Gasteiger charge is -2.25. The first-order valence-electron chi connectivity index (χ1n) is 6.75. The Balaban J connectivity index is 2.79. The first-order chi connectivity index (χ1) is 10.0. The summed E-state index contributed by atoms with van der Waals surface area (Å²) in [4.78, 5) is 12.1. The molecular formula is C17H20O4. The van der Waals surface area contributed by atoms with E-state index in [1.807, 2.05) is 13.0 Å². The highest BCUT2D eigenvalue weighted by molar-refractivity contribution is 5.98. The lowest BCUT2D eigenvalue weighted by atomic mass is 9.82. The molecule has 0 unspecified atom stereocenters. The number of carbonyl (C=O) groups excluding carboxylic acids is 1. The van der Waals surface area contributed by atoms with Gasteiger partial charge in [-0.15, -0.1) is 0 Å². The summed E-state index contributed by atoms with van der Waals surface area (Å²) in [5.74, 6) is 0.126. The van der Waals surface area contributed by atoms with Crippen LogP contribution in [0.15, 0.2) is 24.5 Å². The fraction of sp³-hybridized carbons (Fsp3) is 0.353. The van der Waals surface area contributed by atoms with Crippen molar-refractivity contribution in [1.29, 1.82) is 0 Å². The number of methoxy groups -OCH3 is 3. The van der Waals surface area contributed by atoms with Crippen LogP contribution in [0.3, 0.4) is 0 Å². The Kier molecular flexibility index (Phi) is 4.36. The third kappa shape index (κ3) is 2.53. The summed E-state index contributed by atoms with van der Waals surface area (Å²) in [5, 5.41) is 0. The zero-order valence-corrected chi connectivity index (χ0v) is 12.9. The fourth-order valence-electron chi connectivity index (χ4n) is 2.77. The highest BCUT2D eigenvalue weighted by atomic mass is 16.5. The van der Waals surface area contributed by atoms with Gasteiger partial charge in [0.1, 0.15) is 11.3 Å². The van der Waals surface area contributed by atoms with Gasteiger partial charge in [0.05, 0.1) is 27.6 Å². The fourth-order valence-corrected chi connectivity index (χ4v) is 2.77. The summed E-state index contributed by atoms with van der Waals surface area (Å²) in [6.07, 6.45) is 3.38. The molecule has 0 aromatic heterocycles. The number of aryl methyl sites for hydroxylation is 2. The van der Waals surface area contributed by atoms with E-state index in [1.54, 1.807) is 20.5 Å². The largest absolute Gasteiger partial charge is 0.504 e. The molecule has 21 heavy (non-hydrogen) atoms. The van der Waals surface area contributed by atoms with E-state index in [9.17, 15) is 4.79 Å². The molecule has 1 aromatic rings. The van der Waals surface area contributed by atoms with E-state index < -0.39 is 5.97 Å². The average molecular weight is 288 g/mol. The first kappa shape index (κ1) is 15.2. The number of fused-ring (bicyclic) bond motifs is 1. The Hall–Kier alpha value is -2.23. The smallest absolute Gasteiger partial charge is 0.341 e. The maximum Gasteiger partial charge on any atom is 0.341 e. The number of benzene rings is 1. The minimum Gasteiger partial charge on any atom is -0.504 e. The number of hydrogen-bond acceptors (Lipinski definition) is 4. The molecule has 1 aliphatic rings. The van der Waals surface area contributed by atoms with Crippen LogP contribution in [0.5, 0.6) is 5.75 Å². The summed E-state index contributed by atoms with van der Waals surface area (Å²) in [6.45, 7) is 5.97. The summed E-state index contributed by atoms with van der Waals surface area (Å²) >= 11 is 0. The zero-order valence-electron chi connectivity index (χ0n) is 12.9. The molecule has 2 rings (SSSR count). The van der Waals surface area contributed by atoms with Gasteiger partial charge in [0, 0.05) is 11.1 Å². The van der Waals surface area contributed by atoms with Crippen LogP contribution in [0.25, 0.3) is 5.57 Å². The molecule has 0 spiro atoms. The highest BCUT2D eigenvalue weighted by Gasteiger charge is 2.28. The van der Waals surface area contributed by atoms with Gasteiger partial charge in [0.15, 0.2) is 0 Å². The molecule has 0 saturated heterocycles. The van der Waals surface area contributed by atoms with Crippen molar-refractivity contribution < 1.29 is 19.0 Å². The van der Waals surface area contributed by atoms with Crippen molar-refractivity contribution >= 4 is 11.5 Å². The summed E-state index contributed by atoms with van der Waals surface area (Å²) in [6, 6.07) is 2.01. The van der Waals surface area contributed by atoms with Crippen molar-refractivity contribution in [3.63, 3.8) is 0 Å². The van der Waals surface area contributed by atoms with Crippen LogP contribution in [0.2, 0.25) is 0 Å². The Bertz CT molecular complexity index is 626. The maximum atomic E-state index is 12.1. The maximum absolute atomic E-state index is 12.1. The second-order valence-corrected chi connectivity index (χ2v) is 5.00. The van der Waals surface area contributed by atoms with Gasteiger partial charge in [0.25, 0.3) is 0 Å². The van der Waals surface area contributed by atoms with Crippen molar-refractivity contribution in [2.75, 3.05) is 21.3 Å². The monoisotopic (exact) mass is 288 g/mol. The molecule has 0 saturated carbocycles. The van der Waals surface area contributed by atoms with Crippen LogP contribution in [0, 0.1) is 6.92 Å². The van der Waals surface area contributed by atoms with E-state index in [0.29, 0.717) is 11.3 Å². The minimum absolute atomic E-state index is 0.403. The molecule has 0 heterocycles. The van der Waals surface area contributed by atoms with Crippen molar-refractivity contribution in [1.82, 2.24) is 0 Å². The number of hydrogen-bond donors (Lipinski definition) is 0. The average Bonchev–Trinajstić information content (AvgIpc) is 2.48. The molecular weight excluding hydrogens is 268 g/mol. The molecule has 0 fully saturated rings. The molecule has 0 radical (unpaired) electrons. The first-order valence-corrected chi connectivity index (χ1v) is 6.75. The van der Waals surface area contributed by atoms with E-state index >= 15 is 0 Å². The molecule has 0 amide bonds.